The lowest BCUT2D eigenvalue weighted by Gasteiger charge is -2.05. The average molecular weight is 318 g/mol. The highest BCUT2D eigenvalue weighted by molar-refractivity contribution is 7.99. The molecule has 0 atom stereocenters. The van der Waals surface area contributed by atoms with E-state index in [1.54, 1.807) is 30.3 Å². The minimum atomic E-state index is 0.502. The number of carbonyl (C=O) groups excluding carboxylic acids is 1. The first-order chi connectivity index (χ1) is 8.60. The van der Waals surface area contributed by atoms with Crippen molar-refractivity contribution in [1.29, 1.82) is 0 Å². The highest BCUT2D eigenvalue weighted by atomic mass is 35.5. The van der Waals surface area contributed by atoms with E-state index in [1.165, 1.54) is 11.8 Å². The van der Waals surface area contributed by atoms with Crippen LogP contribution in [0.4, 0.5) is 0 Å². The molecule has 5 heteroatoms. The predicted octanol–water partition coefficient (Wildman–Crippen LogP) is 5.61. The molecular formula is C13H7Cl3OS. The van der Waals surface area contributed by atoms with Gasteiger partial charge in [0, 0.05) is 15.4 Å². The summed E-state index contributed by atoms with van der Waals surface area (Å²) < 4.78 is 0. The quantitative estimate of drug-likeness (QED) is 0.684. The fourth-order valence-electron chi connectivity index (χ4n) is 1.34. The van der Waals surface area contributed by atoms with Gasteiger partial charge in [0.05, 0.1) is 15.1 Å². The third-order valence-electron chi connectivity index (χ3n) is 2.21. The fourth-order valence-corrected chi connectivity index (χ4v) is 2.87. The van der Waals surface area contributed by atoms with E-state index in [0.29, 0.717) is 20.6 Å². The minimum absolute atomic E-state index is 0.502. The van der Waals surface area contributed by atoms with Crippen molar-refractivity contribution in [3.05, 3.63) is 57.0 Å². The number of rotatable bonds is 3. The van der Waals surface area contributed by atoms with Crippen molar-refractivity contribution in [1.82, 2.24) is 0 Å². The van der Waals surface area contributed by atoms with Gasteiger partial charge in [-0.3, -0.25) is 4.79 Å². The van der Waals surface area contributed by atoms with Crippen LogP contribution in [0.5, 0.6) is 0 Å². The van der Waals surface area contributed by atoms with E-state index < -0.39 is 0 Å². The van der Waals surface area contributed by atoms with Crippen molar-refractivity contribution in [2.75, 3.05) is 0 Å². The summed E-state index contributed by atoms with van der Waals surface area (Å²) in [6.45, 7) is 0. The second-order valence-corrected chi connectivity index (χ2v) is 5.82. The summed E-state index contributed by atoms with van der Waals surface area (Å²) in [7, 11) is 0. The molecule has 2 aromatic carbocycles. The summed E-state index contributed by atoms with van der Waals surface area (Å²) in [5, 5.41) is 1.56. The molecule has 0 unspecified atom stereocenters. The van der Waals surface area contributed by atoms with Gasteiger partial charge < -0.3 is 0 Å². The zero-order valence-electron chi connectivity index (χ0n) is 8.99. The third kappa shape index (κ3) is 3.21. The maximum atomic E-state index is 10.6. The van der Waals surface area contributed by atoms with Gasteiger partial charge in [-0.2, -0.15) is 0 Å². The van der Waals surface area contributed by atoms with Crippen LogP contribution in [0.3, 0.4) is 0 Å². The normalized spacial score (nSPS) is 10.4. The van der Waals surface area contributed by atoms with Gasteiger partial charge in [-0.05, 0) is 30.3 Å². The van der Waals surface area contributed by atoms with E-state index in [9.17, 15) is 4.79 Å². The Kier molecular flexibility index (Phi) is 4.57. The number of hydrogen-bond acceptors (Lipinski definition) is 2. The van der Waals surface area contributed by atoms with Gasteiger partial charge in [0.25, 0.3) is 0 Å². The topological polar surface area (TPSA) is 17.1 Å². The van der Waals surface area contributed by atoms with Crippen molar-refractivity contribution >= 4 is 52.9 Å². The fraction of sp³-hybridized carbons (Fsp3) is 0. The van der Waals surface area contributed by atoms with Gasteiger partial charge in [-0.1, -0.05) is 52.6 Å². The molecule has 18 heavy (non-hydrogen) atoms. The Morgan fingerprint density at radius 3 is 2.28 bits per heavy atom. The lowest BCUT2D eigenvalue weighted by Crippen LogP contribution is -1.82. The molecule has 92 valence electrons. The van der Waals surface area contributed by atoms with E-state index in [4.69, 9.17) is 34.8 Å². The van der Waals surface area contributed by atoms with Crippen LogP contribution in [0.1, 0.15) is 10.4 Å². The van der Waals surface area contributed by atoms with E-state index in [2.05, 4.69) is 0 Å². The Morgan fingerprint density at radius 1 is 0.889 bits per heavy atom. The third-order valence-corrected chi connectivity index (χ3v) is 4.44. The number of hydrogen-bond donors (Lipinski definition) is 0. The first-order valence-electron chi connectivity index (χ1n) is 4.98. The Labute approximate surface area is 124 Å². The molecule has 0 amide bonds. The van der Waals surface area contributed by atoms with Crippen LogP contribution >= 0.6 is 46.6 Å². The van der Waals surface area contributed by atoms with Gasteiger partial charge in [0.1, 0.15) is 6.29 Å². The molecule has 0 fully saturated rings. The van der Waals surface area contributed by atoms with Crippen LogP contribution in [0.25, 0.3) is 0 Å². The molecule has 0 aromatic heterocycles. The molecule has 0 aliphatic rings. The van der Waals surface area contributed by atoms with Crippen LogP contribution in [0.2, 0.25) is 15.1 Å². The zero-order valence-corrected chi connectivity index (χ0v) is 12.1. The standard InChI is InChI=1S/C13H7Cl3OS/c14-10-3-2-9(6-11(10)15)18-13-4-1-8(7-17)5-12(13)16/h1-7H. The second kappa shape index (κ2) is 5.98. The lowest BCUT2D eigenvalue weighted by atomic mass is 10.2. The average Bonchev–Trinajstić information content (AvgIpc) is 2.36. The number of aldehydes is 1. The highest BCUT2D eigenvalue weighted by Gasteiger charge is 2.06. The van der Waals surface area contributed by atoms with Crippen molar-refractivity contribution < 1.29 is 4.79 Å². The molecule has 2 rings (SSSR count). The van der Waals surface area contributed by atoms with Gasteiger partial charge in [0.2, 0.25) is 0 Å². The smallest absolute Gasteiger partial charge is 0.150 e. The van der Waals surface area contributed by atoms with Crippen LogP contribution < -0.4 is 0 Å². The van der Waals surface area contributed by atoms with Crippen molar-refractivity contribution in [2.24, 2.45) is 0 Å². The van der Waals surface area contributed by atoms with E-state index in [1.807, 2.05) is 6.07 Å². The second-order valence-electron chi connectivity index (χ2n) is 3.49. The summed E-state index contributed by atoms with van der Waals surface area (Å²) in [5.74, 6) is 0. The molecule has 0 radical (unpaired) electrons. The molecule has 0 saturated carbocycles. The van der Waals surface area contributed by atoms with Gasteiger partial charge in [-0.25, -0.2) is 0 Å². The van der Waals surface area contributed by atoms with Gasteiger partial charge in [0.15, 0.2) is 0 Å². The molecule has 0 spiro atoms. The minimum Gasteiger partial charge on any atom is -0.298 e. The first kappa shape index (κ1) is 13.8. The molecule has 0 bridgehead atoms. The zero-order chi connectivity index (χ0) is 13.1. The maximum Gasteiger partial charge on any atom is 0.150 e. The molecule has 0 saturated heterocycles. The summed E-state index contributed by atoms with van der Waals surface area (Å²) >= 11 is 19.3. The monoisotopic (exact) mass is 316 g/mol. The van der Waals surface area contributed by atoms with Crippen molar-refractivity contribution in [3.63, 3.8) is 0 Å². The highest BCUT2D eigenvalue weighted by Crippen LogP contribution is 2.36. The van der Waals surface area contributed by atoms with Crippen molar-refractivity contribution in [2.45, 2.75) is 9.79 Å². The SMILES string of the molecule is O=Cc1ccc(Sc2ccc(Cl)c(Cl)c2)c(Cl)c1. The largest absolute Gasteiger partial charge is 0.298 e. The van der Waals surface area contributed by atoms with E-state index in [-0.39, 0.29) is 0 Å². The lowest BCUT2D eigenvalue weighted by molar-refractivity contribution is 0.112. The molecule has 0 aliphatic heterocycles. The number of benzene rings is 2. The van der Waals surface area contributed by atoms with Gasteiger partial charge >= 0.3 is 0 Å². The van der Waals surface area contributed by atoms with Gasteiger partial charge in [-0.15, -0.1) is 0 Å². The van der Waals surface area contributed by atoms with E-state index >= 15 is 0 Å². The molecule has 0 aliphatic carbocycles. The summed E-state index contributed by atoms with van der Waals surface area (Å²) in [6, 6.07) is 10.5. The Balaban J connectivity index is 2.28. The molecular weight excluding hydrogens is 311 g/mol. The Hall–Kier alpha value is -0.670. The predicted molar refractivity (Wildman–Crippen MR) is 77.4 cm³/mol. The summed E-state index contributed by atoms with van der Waals surface area (Å²) in [5.41, 5.74) is 0.554. The van der Waals surface area contributed by atoms with Crippen LogP contribution in [-0.2, 0) is 0 Å². The summed E-state index contributed by atoms with van der Waals surface area (Å²) in [6.07, 6.45) is 0.763. The van der Waals surface area contributed by atoms with Crippen LogP contribution in [0, 0.1) is 0 Å². The van der Waals surface area contributed by atoms with Crippen LogP contribution in [-0.4, -0.2) is 6.29 Å². The number of halogens is 3. The Bertz CT molecular complexity index is 599. The molecule has 0 N–H and O–H groups in total. The first-order valence-corrected chi connectivity index (χ1v) is 6.93. The molecule has 1 nitrogen and oxygen atoms in total. The van der Waals surface area contributed by atoms with Crippen LogP contribution in [0.15, 0.2) is 46.2 Å². The van der Waals surface area contributed by atoms with E-state index in [0.717, 1.165) is 16.1 Å². The summed E-state index contributed by atoms with van der Waals surface area (Å²) in [4.78, 5) is 12.4. The Morgan fingerprint density at radius 2 is 1.67 bits per heavy atom. The number of carbonyl (C=O) groups is 1. The molecule has 0 heterocycles. The van der Waals surface area contributed by atoms with Crippen molar-refractivity contribution in [3.8, 4) is 0 Å². The maximum absolute atomic E-state index is 10.6. The molecule has 2 aromatic rings.